The molecule has 6 nitrogen and oxygen atoms in total. The fourth-order valence-corrected chi connectivity index (χ4v) is 2.58. The van der Waals surface area contributed by atoms with Gasteiger partial charge in [0.2, 0.25) is 5.56 Å². The predicted molar refractivity (Wildman–Crippen MR) is 99.6 cm³/mol. The van der Waals surface area contributed by atoms with Gasteiger partial charge in [0, 0.05) is 18.0 Å². The lowest BCUT2D eigenvalue weighted by molar-refractivity contribution is -0.274. The first-order valence-electron chi connectivity index (χ1n) is 8.13. The van der Waals surface area contributed by atoms with Crippen LogP contribution in [0.25, 0.3) is 0 Å². The van der Waals surface area contributed by atoms with Crippen molar-refractivity contribution < 1.29 is 31.8 Å². The molecule has 1 aromatic heterocycles. The Labute approximate surface area is 171 Å². The van der Waals surface area contributed by atoms with E-state index >= 15 is 0 Å². The first-order valence-corrected chi connectivity index (χ1v) is 8.51. The van der Waals surface area contributed by atoms with Crippen LogP contribution in [0.15, 0.2) is 59.5 Å². The van der Waals surface area contributed by atoms with Gasteiger partial charge in [0.05, 0.1) is 10.6 Å². The van der Waals surface area contributed by atoms with Gasteiger partial charge in [0.1, 0.15) is 23.1 Å². The van der Waals surface area contributed by atoms with Gasteiger partial charge in [-0.2, -0.15) is 0 Å². The van der Waals surface area contributed by atoms with Crippen LogP contribution in [0.4, 0.5) is 23.2 Å². The average molecular weight is 443 g/mol. The Morgan fingerprint density at radius 1 is 1.03 bits per heavy atom. The van der Waals surface area contributed by atoms with Crippen molar-refractivity contribution in [2.45, 2.75) is 6.36 Å². The van der Waals surface area contributed by atoms with E-state index in [-0.39, 0.29) is 27.8 Å². The molecular formula is C19H11ClF4N2O4. The summed E-state index contributed by atoms with van der Waals surface area (Å²) < 4.78 is 60.2. The van der Waals surface area contributed by atoms with Crippen LogP contribution in [0.1, 0.15) is 10.4 Å². The number of aromatic amines is 1. The van der Waals surface area contributed by atoms with E-state index in [1.165, 1.54) is 18.3 Å². The van der Waals surface area contributed by atoms with E-state index in [1.807, 2.05) is 0 Å². The van der Waals surface area contributed by atoms with Crippen molar-refractivity contribution in [3.05, 3.63) is 81.5 Å². The number of halogens is 5. The number of rotatable bonds is 5. The average Bonchev–Trinajstić information content (AvgIpc) is 2.64. The summed E-state index contributed by atoms with van der Waals surface area (Å²) in [4.78, 5) is 26.4. The molecule has 2 aromatic carbocycles. The van der Waals surface area contributed by atoms with Gasteiger partial charge in [-0.1, -0.05) is 11.6 Å². The first-order chi connectivity index (χ1) is 14.1. The standard InChI is InChI=1S/C19H11ClF4N2O4/c20-14-7-10(21)1-3-16(14)29-15-4-2-12(30-19(22,23)24)9-13(15)18(28)26-11-5-6-25-17(27)8-11/h1-9H,(H2,25,26,27,28). The summed E-state index contributed by atoms with van der Waals surface area (Å²) in [5.41, 5.74) is -0.759. The highest BCUT2D eigenvalue weighted by atomic mass is 35.5. The van der Waals surface area contributed by atoms with Crippen LogP contribution in [0, 0.1) is 5.82 Å². The molecule has 0 bridgehead atoms. The van der Waals surface area contributed by atoms with Crippen LogP contribution in [0.5, 0.6) is 17.2 Å². The molecule has 1 amide bonds. The Morgan fingerprint density at radius 2 is 1.77 bits per heavy atom. The number of ether oxygens (including phenoxy) is 2. The number of pyridine rings is 1. The lowest BCUT2D eigenvalue weighted by Gasteiger charge is -2.15. The summed E-state index contributed by atoms with van der Waals surface area (Å²) in [5, 5.41) is 2.25. The van der Waals surface area contributed by atoms with E-state index in [0.29, 0.717) is 0 Å². The van der Waals surface area contributed by atoms with E-state index in [1.54, 1.807) is 0 Å². The number of carbonyl (C=O) groups is 1. The molecule has 1 heterocycles. The van der Waals surface area contributed by atoms with Gasteiger partial charge in [-0.05, 0) is 42.5 Å². The molecule has 11 heteroatoms. The zero-order chi connectivity index (χ0) is 21.9. The molecule has 156 valence electrons. The summed E-state index contributed by atoms with van der Waals surface area (Å²) in [6, 6.07) is 8.46. The molecule has 30 heavy (non-hydrogen) atoms. The molecule has 0 aliphatic rings. The van der Waals surface area contributed by atoms with Crippen molar-refractivity contribution >= 4 is 23.2 Å². The summed E-state index contributed by atoms with van der Waals surface area (Å²) in [6.07, 6.45) is -3.71. The number of aromatic nitrogens is 1. The largest absolute Gasteiger partial charge is 0.573 e. The Hall–Kier alpha value is -3.53. The minimum Gasteiger partial charge on any atom is -0.455 e. The highest BCUT2D eigenvalue weighted by Gasteiger charge is 2.31. The normalized spacial score (nSPS) is 11.1. The number of alkyl halides is 3. The summed E-state index contributed by atoms with van der Waals surface area (Å²) in [5.74, 6) is -2.40. The quantitative estimate of drug-likeness (QED) is 0.538. The second-order valence-corrected chi connectivity index (χ2v) is 6.19. The van der Waals surface area contributed by atoms with Gasteiger partial charge < -0.3 is 19.8 Å². The van der Waals surface area contributed by atoms with E-state index in [0.717, 1.165) is 36.4 Å². The highest BCUT2D eigenvalue weighted by Crippen LogP contribution is 2.35. The summed E-state index contributed by atoms with van der Waals surface area (Å²) in [7, 11) is 0. The zero-order valence-electron chi connectivity index (χ0n) is 14.7. The maximum absolute atomic E-state index is 13.2. The van der Waals surface area contributed by atoms with E-state index < -0.39 is 29.4 Å². The molecule has 0 unspecified atom stereocenters. The molecule has 0 spiro atoms. The van der Waals surface area contributed by atoms with Crippen molar-refractivity contribution in [2.24, 2.45) is 0 Å². The number of nitrogens with one attached hydrogen (secondary N) is 2. The predicted octanol–water partition coefficient (Wildman–Crippen LogP) is 5.11. The third kappa shape index (κ3) is 5.51. The van der Waals surface area contributed by atoms with Crippen LogP contribution < -0.4 is 20.3 Å². The summed E-state index contributed by atoms with van der Waals surface area (Å²) >= 11 is 5.90. The molecule has 3 aromatic rings. The SMILES string of the molecule is O=C(Nc1cc[nH]c(=O)c1)c1cc(OC(F)(F)F)ccc1Oc1ccc(F)cc1Cl. The van der Waals surface area contributed by atoms with E-state index in [9.17, 15) is 27.2 Å². The number of amides is 1. The number of anilines is 1. The van der Waals surface area contributed by atoms with Crippen molar-refractivity contribution in [3.8, 4) is 17.2 Å². The fraction of sp³-hybridized carbons (Fsp3) is 0.0526. The van der Waals surface area contributed by atoms with E-state index in [4.69, 9.17) is 16.3 Å². The lowest BCUT2D eigenvalue weighted by Crippen LogP contribution is -2.19. The Bertz CT molecular complexity index is 1150. The minimum atomic E-state index is -4.98. The first kappa shape index (κ1) is 21.2. The van der Waals surface area contributed by atoms with Crippen LogP contribution >= 0.6 is 11.6 Å². The molecule has 0 saturated carbocycles. The number of hydrogen-bond donors (Lipinski definition) is 2. The minimum absolute atomic E-state index is 0.0345. The molecule has 0 fully saturated rings. The van der Waals surface area contributed by atoms with E-state index in [2.05, 4.69) is 15.0 Å². The smallest absolute Gasteiger partial charge is 0.455 e. The van der Waals surface area contributed by atoms with Gasteiger partial charge in [0.15, 0.2) is 0 Å². The molecule has 2 N–H and O–H groups in total. The molecule has 0 saturated heterocycles. The van der Waals surface area contributed by atoms with Gasteiger partial charge in [-0.25, -0.2) is 4.39 Å². The topological polar surface area (TPSA) is 80.4 Å². The molecule has 0 atom stereocenters. The number of carbonyl (C=O) groups excluding carboxylic acids is 1. The van der Waals surface area contributed by atoms with Crippen LogP contribution in [0.3, 0.4) is 0 Å². The molecular weight excluding hydrogens is 432 g/mol. The van der Waals surface area contributed by atoms with Crippen molar-refractivity contribution in [3.63, 3.8) is 0 Å². The highest BCUT2D eigenvalue weighted by molar-refractivity contribution is 6.32. The Balaban J connectivity index is 1.98. The summed E-state index contributed by atoms with van der Waals surface area (Å²) in [6.45, 7) is 0. The fourth-order valence-electron chi connectivity index (χ4n) is 2.37. The number of benzene rings is 2. The second kappa shape index (κ2) is 8.46. The second-order valence-electron chi connectivity index (χ2n) is 5.78. The Kier molecular flexibility index (Phi) is 5.97. The van der Waals surface area contributed by atoms with Crippen molar-refractivity contribution in [1.29, 1.82) is 0 Å². The van der Waals surface area contributed by atoms with Gasteiger partial charge >= 0.3 is 6.36 Å². The monoisotopic (exact) mass is 442 g/mol. The van der Waals surface area contributed by atoms with Gasteiger partial charge in [-0.3, -0.25) is 9.59 Å². The molecule has 0 aliphatic heterocycles. The third-order valence-electron chi connectivity index (χ3n) is 3.58. The molecule has 0 radical (unpaired) electrons. The van der Waals surface area contributed by atoms with Crippen molar-refractivity contribution in [1.82, 2.24) is 4.98 Å². The van der Waals surface area contributed by atoms with Crippen LogP contribution in [0.2, 0.25) is 5.02 Å². The Morgan fingerprint density at radius 3 is 2.43 bits per heavy atom. The lowest BCUT2D eigenvalue weighted by atomic mass is 10.1. The van der Waals surface area contributed by atoms with Crippen LogP contribution in [-0.2, 0) is 0 Å². The third-order valence-corrected chi connectivity index (χ3v) is 3.87. The maximum atomic E-state index is 13.2. The molecule has 3 rings (SSSR count). The van der Waals surface area contributed by atoms with Gasteiger partial charge in [0.25, 0.3) is 5.91 Å². The molecule has 0 aliphatic carbocycles. The number of hydrogen-bond acceptors (Lipinski definition) is 4. The van der Waals surface area contributed by atoms with Crippen LogP contribution in [-0.4, -0.2) is 17.3 Å². The van der Waals surface area contributed by atoms with Crippen molar-refractivity contribution in [2.75, 3.05) is 5.32 Å². The maximum Gasteiger partial charge on any atom is 0.573 e. The van der Waals surface area contributed by atoms with Gasteiger partial charge in [-0.15, -0.1) is 13.2 Å². The zero-order valence-corrected chi connectivity index (χ0v) is 15.5. The number of H-pyrrole nitrogens is 1.